The molecule has 1 aliphatic heterocycles. The molecule has 3 rings (SSSR count). The van der Waals surface area contributed by atoms with E-state index in [9.17, 15) is 18.8 Å². The molecule has 1 saturated carbocycles. The number of likely N-dealkylation sites (tertiary alicyclic amines) is 1. The standard InChI is InChI=1S/C28H42FN3O3/c1-2-3-4-5-6-7-14-26(33)32-19-10-11-22(20-32)28(35)31-25-13-9-8-12-24(25)30-27(34)21-15-17-23(29)18-16-21/h15-18,22,24-25H,2-14,19-20H2,1H3,(H,30,34)(H,31,35)/t22-,24-,25-/m1/s1. The Hall–Kier alpha value is -2.44. The fourth-order valence-corrected chi connectivity index (χ4v) is 5.26. The molecule has 2 aliphatic rings. The van der Waals surface area contributed by atoms with Crippen LogP contribution in [0, 0.1) is 11.7 Å². The normalized spacial score (nSPS) is 22.5. The number of benzene rings is 1. The van der Waals surface area contributed by atoms with Gasteiger partial charge in [-0.05, 0) is 56.4 Å². The number of nitrogens with zero attached hydrogens (tertiary/aromatic N) is 1. The second-order valence-corrected chi connectivity index (χ2v) is 10.2. The van der Waals surface area contributed by atoms with Gasteiger partial charge < -0.3 is 15.5 Å². The number of hydrogen-bond acceptors (Lipinski definition) is 3. The first-order chi connectivity index (χ1) is 17.0. The second-order valence-electron chi connectivity index (χ2n) is 10.2. The van der Waals surface area contributed by atoms with Gasteiger partial charge >= 0.3 is 0 Å². The highest BCUT2D eigenvalue weighted by Crippen LogP contribution is 2.22. The molecule has 194 valence electrons. The van der Waals surface area contributed by atoms with Gasteiger partial charge in [0.05, 0.1) is 5.92 Å². The fraction of sp³-hybridized carbons (Fsp3) is 0.679. The summed E-state index contributed by atoms with van der Waals surface area (Å²) < 4.78 is 13.2. The van der Waals surface area contributed by atoms with E-state index in [2.05, 4.69) is 17.6 Å². The number of carbonyl (C=O) groups is 3. The number of rotatable bonds is 11. The Balaban J connectivity index is 1.47. The lowest BCUT2D eigenvalue weighted by atomic mass is 9.88. The lowest BCUT2D eigenvalue weighted by molar-refractivity contribution is -0.136. The van der Waals surface area contributed by atoms with Gasteiger partial charge in [0, 0.05) is 37.2 Å². The number of hydrogen-bond donors (Lipinski definition) is 2. The van der Waals surface area contributed by atoms with Crippen molar-refractivity contribution in [3.63, 3.8) is 0 Å². The summed E-state index contributed by atoms with van der Waals surface area (Å²) in [4.78, 5) is 40.3. The molecule has 3 atom stereocenters. The van der Waals surface area contributed by atoms with Crippen molar-refractivity contribution in [2.75, 3.05) is 13.1 Å². The molecule has 1 heterocycles. The predicted molar refractivity (Wildman–Crippen MR) is 135 cm³/mol. The number of unbranched alkanes of at least 4 members (excludes halogenated alkanes) is 5. The summed E-state index contributed by atoms with van der Waals surface area (Å²) in [6, 6.07) is 5.21. The monoisotopic (exact) mass is 487 g/mol. The molecule has 0 radical (unpaired) electrons. The Morgan fingerprint density at radius 2 is 1.54 bits per heavy atom. The summed E-state index contributed by atoms with van der Waals surface area (Å²) >= 11 is 0. The summed E-state index contributed by atoms with van der Waals surface area (Å²) in [6.07, 6.45) is 12.7. The zero-order chi connectivity index (χ0) is 25.0. The third kappa shape index (κ3) is 8.62. The molecule has 6 nitrogen and oxygen atoms in total. The van der Waals surface area contributed by atoms with Crippen LogP contribution in [0.1, 0.15) is 101 Å². The van der Waals surface area contributed by atoms with Gasteiger partial charge in [-0.15, -0.1) is 0 Å². The predicted octanol–water partition coefficient (Wildman–Crippen LogP) is 4.97. The van der Waals surface area contributed by atoms with Crippen molar-refractivity contribution in [3.05, 3.63) is 35.6 Å². The van der Waals surface area contributed by atoms with Crippen molar-refractivity contribution >= 4 is 17.7 Å². The molecule has 3 amide bonds. The van der Waals surface area contributed by atoms with Crippen LogP contribution in [0.5, 0.6) is 0 Å². The molecule has 0 aromatic heterocycles. The molecule has 35 heavy (non-hydrogen) atoms. The molecular formula is C28H42FN3O3. The first-order valence-electron chi connectivity index (χ1n) is 13.6. The smallest absolute Gasteiger partial charge is 0.251 e. The molecular weight excluding hydrogens is 445 g/mol. The minimum atomic E-state index is -0.378. The van der Waals surface area contributed by atoms with Crippen LogP contribution in [0.2, 0.25) is 0 Å². The lowest BCUT2D eigenvalue weighted by Crippen LogP contribution is -2.55. The number of piperidine rings is 1. The van der Waals surface area contributed by atoms with E-state index in [-0.39, 0.29) is 41.5 Å². The second kappa shape index (κ2) is 14.2. The van der Waals surface area contributed by atoms with Crippen LogP contribution in [0.15, 0.2) is 24.3 Å². The van der Waals surface area contributed by atoms with Crippen LogP contribution in [0.25, 0.3) is 0 Å². The molecule has 1 saturated heterocycles. The van der Waals surface area contributed by atoms with Crippen LogP contribution in [0.3, 0.4) is 0 Å². The summed E-state index contributed by atoms with van der Waals surface area (Å²) in [5.74, 6) is -0.681. The van der Waals surface area contributed by atoms with Crippen LogP contribution < -0.4 is 10.6 Å². The van der Waals surface area contributed by atoms with Crippen molar-refractivity contribution in [1.82, 2.24) is 15.5 Å². The van der Waals surface area contributed by atoms with E-state index in [4.69, 9.17) is 0 Å². The zero-order valence-corrected chi connectivity index (χ0v) is 21.2. The van der Waals surface area contributed by atoms with E-state index in [1.165, 1.54) is 49.9 Å². The number of nitrogens with one attached hydrogen (secondary N) is 2. The van der Waals surface area contributed by atoms with Crippen LogP contribution in [-0.2, 0) is 9.59 Å². The van der Waals surface area contributed by atoms with E-state index in [0.717, 1.165) is 57.9 Å². The van der Waals surface area contributed by atoms with Gasteiger partial charge in [-0.3, -0.25) is 14.4 Å². The van der Waals surface area contributed by atoms with Gasteiger partial charge in [-0.1, -0.05) is 51.9 Å². The SMILES string of the molecule is CCCCCCCCC(=O)N1CCC[C@@H](C(=O)N[C@@H]2CCCC[C@H]2NC(=O)c2ccc(F)cc2)C1. The average molecular weight is 488 g/mol. The molecule has 0 spiro atoms. The van der Waals surface area contributed by atoms with Crippen LogP contribution in [-0.4, -0.2) is 47.8 Å². The van der Waals surface area contributed by atoms with E-state index >= 15 is 0 Å². The van der Waals surface area contributed by atoms with Crippen molar-refractivity contribution in [2.24, 2.45) is 5.92 Å². The zero-order valence-electron chi connectivity index (χ0n) is 21.2. The molecule has 0 bridgehead atoms. The molecule has 1 aromatic rings. The maximum Gasteiger partial charge on any atom is 0.251 e. The van der Waals surface area contributed by atoms with Gasteiger partial charge in [-0.2, -0.15) is 0 Å². The van der Waals surface area contributed by atoms with Gasteiger partial charge in [0.2, 0.25) is 11.8 Å². The van der Waals surface area contributed by atoms with Crippen molar-refractivity contribution < 1.29 is 18.8 Å². The third-order valence-corrected chi connectivity index (χ3v) is 7.41. The highest BCUT2D eigenvalue weighted by molar-refractivity contribution is 5.94. The Morgan fingerprint density at radius 1 is 0.886 bits per heavy atom. The highest BCUT2D eigenvalue weighted by Gasteiger charge is 2.33. The maximum atomic E-state index is 13.2. The summed E-state index contributed by atoms with van der Waals surface area (Å²) in [5.41, 5.74) is 0.411. The van der Waals surface area contributed by atoms with Crippen molar-refractivity contribution in [1.29, 1.82) is 0 Å². The quantitative estimate of drug-likeness (QED) is 0.433. The number of amides is 3. The van der Waals surface area contributed by atoms with Crippen molar-refractivity contribution in [3.8, 4) is 0 Å². The van der Waals surface area contributed by atoms with Crippen molar-refractivity contribution in [2.45, 2.75) is 102 Å². The number of halogens is 1. The van der Waals surface area contributed by atoms with Crippen LogP contribution in [0.4, 0.5) is 4.39 Å². The summed E-state index contributed by atoms with van der Waals surface area (Å²) in [5, 5.41) is 6.22. The number of carbonyl (C=O) groups excluding carboxylic acids is 3. The minimum absolute atomic E-state index is 0.0185. The molecule has 0 unspecified atom stereocenters. The first kappa shape index (κ1) is 27.2. The molecule has 2 N–H and O–H groups in total. The highest BCUT2D eigenvalue weighted by atomic mass is 19.1. The van der Waals surface area contributed by atoms with Gasteiger partial charge in [0.15, 0.2) is 0 Å². The summed E-state index contributed by atoms with van der Waals surface area (Å²) in [7, 11) is 0. The van der Waals surface area contributed by atoms with Gasteiger partial charge in [0.1, 0.15) is 5.82 Å². The topological polar surface area (TPSA) is 78.5 Å². The molecule has 1 aliphatic carbocycles. The average Bonchev–Trinajstić information content (AvgIpc) is 2.87. The Labute approximate surface area is 209 Å². The van der Waals surface area contributed by atoms with E-state index in [1.807, 2.05) is 4.90 Å². The molecule has 7 heteroatoms. The van der Waals surface area contributed by atoms with E-state index < -0.39 is 0 Å². The fourth-order valence-electron chi connectivity index (χ4n) is 5.26. The molecule has 2 fully saturated rings. The Kier molecular flexibility index (Phi) is 11.0. The van der Waals surface area contributed by atoms with E-state index in [0.29, 0.717) is 18.5 Å². The van der Waals surface area contributed by atoms with E-state index in [1.54, 1.807) is 0 Å². The van der Waals surface area contributed by atoms with Gasteiger partial charge in [-0.25, -0.2) is 4.39 Å². The first-order valence-corrected chi connectivity index (χ1v) is 13.6. The largest absolute Gasteiger partial charge is 0.351 e. The molecule has 1 aromatic carbocycles. The Morgan fingerprint density at radius 3 is 2.26 bits per heavy atom. The lowest BCUT2D eigenvalue weighted by Gasteiger charge is -2.36. The van der Waals surface area contributed by atoms with Crippen LogP contribution >= 0.6 is 0 Å². The maximum absolute atomic E-state index is 13.2. The summed E-state index contributed by atoms with van der Waals surface area (Å²) in [6.45, 7) is 3.42. The van der Waals surface area contributed by atoms with Gasteiger partial charge in [0.25, 0.3) is 5.91 Å². The minimum Gasteiger partial charge on any atom is -0.351 e. The third-order valence-electron chi connectivity index (χ3n) is 7.41. The Bertz CT molecular complexity index is 829.